The molecule has 0 atom stereocenters. The summed E-state index contributed by atoms with van der Waals surface area (Å²) in [5.74, 6) is 0.723. The van der Waals surface area contributed by atoms with Gasteiger partial charge in [-0.25, -0.2) is 4.79 Å². The van der Waals surface area contributed by atoms with Gasteiger partial charge in [0.05, 0.1) is 6.54 Å². The summed E-state index contributed by atoms with van der Waals surface area (Å²) < 4.78 is 2.91. The molecule has 0 N–H and O–H groups in total. The smallest absolute Gasteiger partial charge is 0.332 e. The number of likely N-dealkylation sites (N-methyl/N-ethyl adjacent to an activating group) is 1. The van der Waals surface area contributed by atoms with Crippen molar-refractivity contribution in [1.29, 1.82) is 0 Å². The molecule has 6 nitrogen and oxygen atoms in total. The molecule has 0 radical (unpaired) electrons. The molecule has 0 saturated carbocycles. The van der Waals surface area contributed by atoms with Crippen LogP contribution in [0.25, 0.3) is 0 Å². The number of hydrogen-bond donors (Lipinski definition) is 0. The fraction of sp³-hybridized carbons (Fsp3) is 0.474. The van der Waals surface area contributed by atoms with Gasteiger partial charge in [0.2, 0.25) is 0 Å². The molecule has 3 rings (SSSR count). The first-order valence-corrected chi connectivity index (χ1v) is 8.66. The minimum Gasteiger partial charge on any atom is -0.355 e. The van der Waals surface area contributed by atoms with E-state index in [0.717, 1.165) is 37.6 Å². The van der Waals surface area contributed by atoms with E-state index >= 15 is 0 Å². The second-order valence-electron chi connectivity index (χ2n) is 7.05. The van der Waals surface area contributed by atoms with E-state index in [-0.39, 0.29) is 11.2 Å². The highest BCUT2D eigenvalue weighted by Crippen LogP contribution is 2.16. The van der Waals surface area contributed by atoms with Gasteiger partial charge in [0, 0.05) is 39.3 Å². The Morgan fingerprint density at radius 1 is 0.880 bits per heavy atom. The van der Waals surface area contributed by atoms with Crippen molar-refractivity contribution in [2.45, 2.75) is 20.4 Å². The minimum absolute atomic E-state index is 0.254. The first kappa shape index (κ1) is 17.5. The van der Waals surface area contributed by atoms with E-state index in [0.29, 0.717) is 6.54 Å². The quantitative estimate of drug-likeness (QED) is 0.834. The van der Waals surface area contributed by atoms with Gasteiger partial charge in [-0.2, -0.15) is 0 Å². The van der Waals surface area contributed by atoms with Gasteiger partial charge < -0.3 is 9.80 Å². The van der Waals surface area contributed by atoms with Crippen LogP contribution in [0.5, 0.6) is 0 Å². The van der Waals surface area contributed by atoms with Gasteiger partial charge in [0.15, 0.2) is 0 Å². The molecule has 1 aromatic carbocycles. The Morgan fingerprint density at radius 3 is 2.08 bits per heavy atom. The van der Waals surface area contributed by atoms with E-state index in [9.17, 15) is 9.59 Å². The van der Waals surface area contributed by atoms with E-state index in [1.165, 1.54) is 22.7 Å². The summed E-state index contributed by atoms with van der Waals surface area (Å²) in [6.45, 7) is 8.06. The van der Waals surface area contributed by atoms with Crippen LogP contribution >= 0.6 is 0 Å². The first-order valence-electron chi connectivity index (χ1n) is 8.66. The predicted octanol–water partition coefficient (Wildman–Crippen LogP) is 0.964. The van der Waals surface area contributed by atoms with Gasteiger partial charge in [-0.3, -0.25) is 13.9 Å². The monoisotopic (exact) mass is 342 g/mol. The number of aromatic nitrogens is 2. The molecule has 2 heterocycles. The number of aryl methyl sites for hydroxylation is 2. The van der Waals surface area contributed by atoms with Crippen LogP contribution in [-0.2, 0) is 13.6 Å². The highest BCUT2D eigenvalue weighted by molar-refractivity contribution is 5.40. The number of benzene rings is 1. The normalized spacial score (nSPS) is 15.6. The van der Waals surface area contributed by atoms with E-state index in [1.54, 1.807) is 10.6 Å². The maximum Gasteiger partial charge on any atom is 0.332 e. The Hall–Kier alpha value is -2.34. The van der Waals surface area contributed by atoms with Crippen LogP contribution in [0.2, 0.25) is 0 Å². The molecule has 1 fully saturated rings. The van der Waals surface area contributed by atoms with Crippen LogP contribution in [0.4, 0.5) is 5.82 Å². The molecule has 0 unspecified atom stereocenters. The lowest BCUT2D eigenvalue weighted by molar-refractivity contribution is 0.310. The zero-order valence-corrected chi connectivity index (χ0v) is 15.5. The highest BCUT2D eigenvalue weighted by Gasteiger charge is 2.20. The molecule has 0 aliphatic carbocycles. The molecule has 25 heavy (non-hydrogen) atoms. The Balaban J connectivity index is 2.06. The second kappa shape index (κ2) is 6.88. The average molecular weight is 342 g/mol. The molecule has 1 saturated heterocycles. The maximum atomic E-state index is 12.8. The lowest BCUT2D eigenvalue weighted by Gasteiger charge is -2.35. The van der Waals surface area contributed by atoms with Gasteiger partial charge in [0.1, 0.15) is 5.82 Å². The van der Waals surface area contributed by atoms with E-state index in [1.807, 2.05) is 0 Å². The van der Waals surface area contributed by atoms with Crippen LogP contribution in [0.1, 0.15) is 16.7 Å². The summed E-state index contributed by atoms with van der Waals surface area (Å²) >= 11 is 0. The number of piperazine rings is 1. The zero-order valence-electron chi connectivity index (χ0n) is 15.5. The number of nitrogens with zero attached hydrogens (tertiary/aromatic N) is 4. The fourth-order valence-corrected chi connectivity index (χ4v) is 3.45. The summed E-state index contributed by atoms with van der Waals surface area (Å²) in [5.41, 5.74) is 2.91. The van der Waals surface area contributed by atoms with Gasteiger partial charge >= 0.3 is 5.69 Å². The summed E-state index contributed by atoms with van der Waals surface area (Å²) in [5, 5.41) is 0. The van der Waals surface area contributed by atoms with E-state index in [2.05, 4.69) is 48.9 Å². The van der Waals surface area contributed by atoms with Gasteiger partial charge in [-0.1, -0.05) is 29.3 Å². The molecule has 0 amide bonds. The number of hydrogen-bond acceptors (Lipinski definition) is 4. The second-order valence-corrected chi connectivity index (χ2v) is 7.05. The maximum absolute atomic E-state index is 12.8. The van der Waals surface area contributed by atoms with E-state index < -0.39 is 0 Å². The van der Waals surface area contributed by atoms with Crippen molar-refractivity contribution in [3.63, 3.8) is 0 Å². The molecule has 6 heteroatoms. The van der Waals surface area contributed by atoms with Gasteiger partial charge in [0.25, 0.3) is 5.56 Å². The first-order chi connectivity index (χ1) is 11.8. The summed E-state index contributed by atoms with van der Waals surface area (Å²) in [6.07, 6.45) is 0. The topological polar surface area (TPSA) is 50.5 Å². The highest BCUT2D eigenvalue weighted by atomic mass is 16.2. The summed E-state index contributed by atoms with van der Waals surface area (Å²) in [6, 6.07) is 7.90. The van der Waals surface area contributed by atoms with Gasteiger partial charge in [-0.15, -0.1) is 0 Å². The number of anilines is 1. The molecular weight excluding hydrogens is 316 g/mol. The lowest BCUT2D eigenvalue weighted by atomic mass is 10.1. The van der Waals surface area contributed by atoms with Crippen molar-refractivity contribution in [3.8, 4) is 0 Å². The Labute approximate surface area is 147 Å². The van der Waals surface area contributed by atoms with Gasteiger partial charge in [-0.05, 0) is 26.5 Å². The third-order valence-corrected chi connectivity index (χ3v) is 4.83. The standard InChI is InChI=1S/C19H26N4O2/c1-14-9-15(2)11-16(10-14)13-23-17(12-18(24)21(4)19(23)25)22-7-5-20(3)6-8-22/h9-12H,5-8,13H2,1-4H3. The third-order valence-electron chi connectivity index (χ3n) is 4.83. The molecule has 0 spiro atoms. The SMILES string of the molecule is Cc1cc(C)cc(Cn2c(N3CCN(C)CC3)cc(=O)n(C)c2=O)c1. The van der Waals surface area contributed by atoms with E-state index in [4.69, 9.17) is 0 Å². The zero-order chi connectivity index (χ0) is 18.1. The summed E-state index contributed by atoms with van der Waals surface area (Å²) in [7, 11) is 3.63. The molecule has 1 aliphatic rings. The van der Waals surface area contributed by atoms with Crippen LogP contribution < -0.4 is 16.1 Å². The minimum atomic E-state index is -0.263. The molecule has 1 aromatic heterocycles. The Bertz CT molecular complexity index is 869. The van der Waals surface area contributed by atoms with Crippen LogP contribution in [0.3, 0.4) is 0 Å². The van der Waals surface area contributed by atoms with Crippen molar-refractivity contribution >= 4 is 5.82 Å². The van der Waals surface area contributed by atoms with Crippen LogP contribution in [-0.4, -0.2) is 47.3 Å². The Kier molecular flexibility index (Phi) is 4.81. The molecular formula is C19H26N4O2. The predicted molar refractivity (Wildman–Crippen MR) is 101 cm³/mol. The molecule has 0 bridgehead atoms. The lowest BCUT2D eigenvalue weighted by Crippen LogP contribution is -2.48. The average Bonchev–Trinajstić information content (AvgIpc) is 2.55. The summed E-state index contributed by atoms with van der Waals surface area (Å²) in [4.78, 5) is 29.4. The van der Waals surface area contributed by atoms with Crippen molar-refractivity contribution in [2.75, 3.05) is 38.1 Å². The van der Waals surface area contributed by atoms with Crippen LogP contribution in [0.15, 0.2) is 33.9 Å². The Morgan fingerprint density at radius 2 is 1.48 bits per heavy atom. The molecule has 2 aromatic rings. The largest absolute Gasteiger partial charge is 0.355 e. The molecule has 1 aliphatic heterocycles. The van der Waals surface area contributed by atoms with Crippen molar-refractivity contribution < 1.29 is 0 Å². The fourth-order valence-electron chi connectivity index (χ4n) is 3.45. The van der Waals surface area contributed by atoms with Crippen molar-refractivity contribution in [1.82, 2.24) is 14.0 Å². The van der Waals surface area contributed by atoms with Crippen molar-refractivity contribution in [2.24, 2.45) is 7.05 Å². The van der Waals surface area contributed by atoms with Crippen molar-refractivity contribution in [3.05, 3.63) is 61.8 Å². The molecule has 134 valence electrons. The third kappa shape index (κ3) is 3.69. The number of rotatable bonds is 3. The van der Waals surface area contributed by atoms with Crippen LogP contribution in [0, 0.1) is 13.8 Å².